The van der Waals surface area contributed by atoms with Gasteiger partial charge in [0.05, 0.1) is 6.04 Å². The number of benzene rings is 2. The first kappa shape index (κ1) is 18.7. The lowest BCUT2D eigenvalue weighted by Gasteiger charge is -2.22. The topological polar surface area (TPSA) is 49.4 Å². The van der Waals surface area contributed by atoms with Crippen LogP contribution < -0.4 is 5.32 Å². The molecule has 1 atom stereocenters. The van der Waals surface area contributed by atoms with Gasteiger partial charge in [-0.2, -0.15) is 0 Å². The Bertz CT molecular complexity index is 667. The molecule has 0 aliphatic heterocycles. The molecule has 2 aromatic rings. The Labute approximate surface area is 149 Å². The van der Waals surface area contributed by atoms with Gasteiger partial charge < -0.3 is 10.2 Å². The summed E-state index contributed by atoms with van der Waals surface area (Å²) in [7, 11) is 0. The number of hydrogen-bond acceptors (Lipinski definition) is 2. The van der Waals surface area contributed by atoms with E-state index in [1.54, 1.807) is 12.1 Å². The van der Waals surface area contributed by atoms with Crippen LogP contribution in [0.2, 0.25) is 0 Å². The maximum Gasteiger partial charge on any atom is 0.251 e. The lowest BCUT2D eigenvalue weighted by atomic mass is 10.0. The molecular weight excluding hydrogens is 312 g/mol. The SMILES string of the molecule is CCN(CC)C(=O)CCC(NC(=O)c1ccccc1)c1ccccc1. The van der Waals surface area contributed by atoms with E-state index in [0.29, 0.717) is 31.5 Å². The highest BCUT2D eigenvalue weighted by Gasteiger charge is 2.18. The van der Waals surface area contributed by atoms with Gasteiger partial charge in [-0.05, 0) is 38.0 Å². The summed E-state index contributed by atoms with van der Waals surface area (Å²) < 4.78 is 0. The minimum Gasteiger partial charge on any atom is -0.345 e. The van der Waals surface area contributed by atoms with E-state index in [-0.39, 0.29) is 17.9 Å². The Hall–Kier alpha value is -2.62. The summed E-state index contributed by atoms with van der Waals surface area (Å²) in [5.74, 6) is 0.00429. The van der Waals surface area contributed by atoms with Crippen LogP contribution in [0.1, 0.15) is 48.7 Å². The first-order valence-corrected chi connectivity index (χ1v) is 8.84. The number of nitrogens with zero attached hydrogens (tertiary/aromatic N) is 1. The zero-order valence-electron chi connectivity index (χ0n) is 14.9. The second-order valence-corrected chi connectivity index (χ2v) is 5.91. The molecule has 0 saturated heterocycles. The molecule has 1 N–H and O–H groups in total. The van der Waals surface area contributed by atoms with Gasteiger partial charge in [0.25, 0.3) is 5.91 Å². The molecule has 2 amide bonds. The van der Waals surface area contributed by atoms with E-state index in [9.17, 15) is 9.59 Å². The van der Waals surface area contributed by atoms with E-state index in [1.165, 1.54) is 0 Å². The van der Waals surface area contributed by atoms with Crippen molar-refractivity contribution in [3.05, 3.63) is 71.8 Å². The molecule has 132 valence electrons. The predicted molar refractivity (Wildman–Crippen MR) is 100 cm³/mol. The van der Waals surface area contributed by atoms with Crippen molar-refractivity contribution in [1.82, 2.24) is 10.2 Å². The van der Waals surface area contributed by atoms with Gasteiger partial charge in [-0.1, -0.05) is 48.5 Å². The molecule has 0 bridgehead atoms. The van der Waals surface area contributed by atoms with Crippen molar-refractivity contribution >= 4 is 11.8 Å². The fraction of sp³-hybridized carbons (Fsp3) is 0.333. The molecule has 0 saturated carbocycles. The third-order valence-corrected chi connectivity index (χ3v) is 4.31. The van der Waals surface area contributed by atoms with E-state index in [2.05, 4.69) is 5.32 Å². The van der Waals surface area contributed by atoms with E-state index in [1.807, 2.05) is 67.3 Å². The molecule has 0 radical (unpaired) electrons. The molecule has 0 spiro atoms. The average molecular weight is 338 g/mol. The monoisotopic (exact) mass is 338 g/mol. The molecule has 1 unspecified atom stereocenters. The molecule has 4 nitrogen and oxygen atoms in total. The molecule has 25 heavy (non-hydrogen) atoms. The molecule has 0 aromatic heterocycles. The van der Waals surface area contributed by atoms with Crippen LogP contribution in [-0.4, -0.2) is 29.8 Å². The number of hydrogen-bond donors (Lipinski definition) is 1. The molecule has 0 heterocycles. The summed E-state index contributed by atoms with van der Waals surface area (Å²) in [6, 6.07) is 18.8. The number of amides is 2. The largest absolute Gasteiger partial charge is 0.345 e. The summed E-state index contributed by atoms with van der Waals surface area (Å²) in [6.45, 7) is 5.38. The van der Waals surface area contributed by atoms with Crippen molar-refractivity contribution in [3.8, 4) is 0 Å². The summed E-state index contributed by atoms with van der Waals surface area (Å²) in [5.41, 5.74) is 1.64. The Morgan fingerprint density at radius 2 is 1.48 bits per heavy atom. The zero-order chi connectivity index (χ0) is 18.1. The molecule has 0 fully saturated rings. The third-order valence-electron chi connectivity index (χ3n) is 4.31. The molecule has 2 rings (SSSR count). The Morgan fingerprint density at radius 3 is 2.04 bits per heavy atom. The van der Waals surface area contributed by atoms with Crippen LogP contribution in [0.25, 0.3) is 0 Å². The second-order valence-electron chi connectivity index (χ2n) is 5.91. The van der Waals surface area contributed by atoms with Crippen LogP contribution in [0.3, 0.4) is 0 Å². The lowest BCUT2D eigenvalue weighted by Crippen LogP contribution is -2.33. The Morgan fingerprint density at radius 1 is 0.920 bits per heavy atom. The van der Waals surface area contributed by atoms with E-state index >= 15 is 0 Å². The summed E-state index contributed by atoms with van der Waals surface area (Å²) in [6.07, 6.45) is 0.994. The molecular formula is C21H26N2O2. The number of nitrogens with one attached hydrogen (secondary N) is 1. The van der Waals surface area contributed by atoms with Gasteiger partial charge in [0.2, 0.25) is 5.91 Å². The molecule has 2 aromatic carbocycles. The van der Waals surface area contributed by atoms with Gasteiger partial charge in [0.15, 0.2) is 0 Å². The van der Waals surface area contributed by atoms with Crippen molar-refractivity contribution in [2.45, 2.75) is 32.7 Å². The van der Waals surface area contributed by atoms with Crippen molar-refractivity contribution in [2.75, 3.05) is 13.1 Å². The van der Waals surface area contributed by atoms with Crippen LogP contribution in [0.4, 0.5) is 0 Å². The first-order chi connectivity index (χ1) is 12.2. The molecule has 0 aliphatic carbocycles. The number of carbonyl (C=O) groups is 2. The molecule has 0 aliphatic rings. The minimum absolute atomic E-state index is 0.121. The van der Waals surface area contributed by atoms with Crippen LogP contribution in [0.15, 0.2) is 60.7 Å². The van der Waals surface area contributed by atoms with Crippen molar-refractivity contribution in [2.24, 2.45) is 0 Å². The number of rotatable bonds is 8. The number of carbonyl (C=O) groups excluding carboxylic acids is 2. The minimum atomic E-state index is -0.187. The normalized spacial score (nSPS) is 11.6. The standard InChI is InChI=1S/C21H26N2O2/c1-3-23(4-2)20(24)16-15-19(17-11-7-5-8-12-17)22-21(25)18-13-9-6-10-14-18/h5-14,19H,3-4,15-16H2,1-2H3,(H,22,25). The third kappa shape index (κ3) is 5.45. The maximum absolute atomic E-state index is 12.5. The predicted octanol–water partition coefficient (Wildman–Crippen LogP) is 3.81. The molecule has 4 heteroatoms. The van der Waals surface area contributed by atoms with Gasteiger partial charge in [-0.15, -0.1) is 0 Å². The zero-order valence-corrected chi connectivity index (χ0v) is 14.9. The van der Waals surface area contributed by atoms with Crippen molar-refractivity contribution in [3.63, 3.8) is 0 Å². The van der Waals surface area contributed by atoms with Crippen LogP contribution >= 0.6 is 0 Å². The summed E-state index contributed by atoms with van der Waals surface area (Å²) in [4.78, 5) is 26.6. The van der Waals surface area contributed by atoms with E-state index in [0.717, 1.165) is 5.56 Å². The van der Waals surface area contributed by atoms with Gasteiger partial charge in [-0.25, -0.2) is 0 Å². The second kappa shape index (κ2) is 9.62. The fourth-order valence-electron chi connectivity index (χ4n) is 2.84. The van der Waals surface area contributed by atoms with Crippen LogP contribution in [-0.2, 0) is 4.79 Å². The lowest BCUT2D eigenvalue weighted by molar-refractivity contribution is -0.131. The van der Waals surface area contributed by atoms with Gasteiger partial charge in [0.1, 0.15) is 0 Å². The average Bonchev–Trinajstić information content (AvgIpc) is 2.67. The van der Waals surface area contributed by atoms with E-state index in [4.69, 9.17) is 0 Å². The van der Waals surface area contributed by atoms with Crippen LogP contribution in [0, 0.1) is 0 Å². The highest BCUT2D eigenvalue weighted by molar-refractivity contribution is 5.94. The van der Waals surface area contributed by atoms with Crippen molar-refractivity contribution < 1.29 is 9.59 Å². The highest BCUT2D eigenvalue weighted by atomic mass is 16.2. The van der Waals surface area contributed by atoms with Gasteiger partial charge >= 0.3 is 0 Å². The van der Waals surface area contributed by atoms with Crippen LogP contribution in [0.5, 0.6) is 0 Å². The van der Waals surface area contributed by atoms with Gasteiger partial charge in [0, 0.05) is 25.1 Å². The maximum atomic E-state index is 12.5. The fourth-order valence-corrected chi connectivity index (χ4v) is 2.84. The summed E-state index contributed by atoms with van der Waals surface area (Å²) in [5, 5.41) is 3.07. The first-order valence-electron chi connectivity index (χ1n) is 8.84. The quantitative estimate of drug-likeness (QED) is 0.796. The Balaban J connectivity index is 2.09. The highest BCUT2D eigenvalue weighted by Crippen LogP contribution is 2.20. The summed E-state index contributed by atoms with van der Waals surface area (Å²) >= 11 is 0. The smallest absolute Gasteiger partial charge is 0.251 e. The van der Waals surface area contributed by atoms with Crippen molar-refractivity contribution in [1.29, 1.82) is 0 Å². The Kier molecular flexibility index (Phi) is 7.20. The van der Waals surface area contributed by atoms with E-state index < -0.39 is 0 Å². The van der Waals surface area contributed by atoms with Gasteiger partial charge in [-0.3, -0.25) is 9.59 Å².